The molecule has 138 valence electrons. The molecule has 0 radical (unpaired) electrons. The summed E-state index contributed by atoms with van der Waals surface area (Å²) in [6.07, 6.45) is 2.41. The van der Waals surface area contributed by atoms with Gasteiger partial charge in [0.05, 0.1) is 0 Å². The number of amides is 2. The fourth-order valence-electron chi connectivity index (χ4n) is 3.07. The lowest BCUT2D eigenvalue weighted by Gasteiger charge is -2.24. The number of halogens is 1. The third kappa shape index (κ3) is 4.35. The van der Waals surface area contributed by atoms with Gasteiger partial charge < -0.3 is 25.0 Å². The molecule has 0 spiro atoms. The Hall–Kier alpha value is -1.99. The molecule has 1 aromatic carbocycles. The Kier molecular flexibility index (Phi) is 6.90. The summed E-state index contributed by atoms with van der Waals surface area (Å²) >= 11 is 0. The van der Waals surface area contributed by atoms with Gasteiger partial charge in [-0.3, -0.25) is 9.59 Å². The largest absolute Gasteiger partial charge is 0.454 e. The number of likely N-dealkylation sites (tertiary alicyclic amines) is 1. The topological polar surface area (TPSA) is 79.9 Å². The highest BCUT2D eigenvalue weighted by atomic mass is 35.5. The molecule has 2 aliphatic rings. The molecule has 0 saturated carbocycles. The van der Waals surface area contributed by atoms with E-state index in [4.69, 9.17) is 9.47 Å². The standard InChI is InChI=1S/C17H23N3O4.ClH/c1-18-7-3-8-19-16(21)13-4-2-9-20(13)17(22)12-5-6-14-15(10-12)24-11-23-14;/h5-6,10,13,18H,2-4,7-9,11H2,1H3,(H,19,21);1H. The Morgan fingerprint density at radius 3 is 2.84 bits per heavy atom. The summed E-state index contributed by atoms with van der Waals surface area (Å²) < 4.78 is 10.6. The van der Waals surface area contributed by atoms with E-state index in [9.17, 15) is 9.59 Å². The van der Waals surface area contributed by atoms with E-state index in [1.807, 2.05) is 7.05 Å². The number of hydrogen-bond donors (Lipinski definition) is 2. The second kappa shape index (κ2) is 8.92. The Balaban J connectivity index is 0.00000225. The van der Waals surface area contributed by atoms with Gasteiger partial charge >= 0.3 is 0 Å². The average Bonchev–Trinajstić information content (AvgIpc) is 3.25. The molecular weight excluding hydrogens is 346 g/mol. The molecule has 2 heterocycles. The maximum Gasteiger partial charge on any atom is 0.254 e. The first-order chi connectivity index (χ1) is 11.7. The number of carbonyl (C=O) groups excluding carboxylic acids is 2. The fraction of sp³-hybridized carbons (Fsp3) is 0.529. The van der Waals surface area contributed by atoms with Gasteiger partial charge in [0, 0.05) is 18.7 Å². The van der Waals surface area contributed by atoms with Crippen molar-refractivity contribution < 1.29 is 19.1 Å². The summed E-state index contributed by atoms with van der Waals surface area (Å²) in [5, 5.41) is 5.96. The first kappa shape index (κ1) is 19.3. The van der Waals surface area contributed by atoms with Gasteiger partial charge in [0.15, 0.2) is 11.5 Å². The second-order valence-corrected chi connectivity index (χ2v) is 5.97. The molecule has 2 amide bonds. The molecule has 2 N–H and O–H groups in total. The van der Waals surface area contributed by atoms with Gasteiger partial charge in [-0.15, -0.1) is 12.4 Å². The van der Waals surface area contributed by atoms with Crippen molar-refractivity contribution in [3.05, 3.63) is 23.8 Å². The Labute approximate surface area is 153 Å². The van der Waals surface area contributed by atoms with Crippen molar-refractivity contribution >= 4 is 24.2 Å². The third-order valence-corrected chi connectivity index (χ3v) is 4.34. The van der Waals surface area contributed by atoms with E-state index in [0.717, 1.165) is 19.4 Å². The van der Waals surface area contributed by atoms with E-state index < -0.39 is 6.04 Å². The number of rotatable bonds is 6. The van der Waals surface area contributed by atoms with Gasteiger partial charge in [-0.25, -0.2) is 0 Å². The summed E-state index contributed by atoms with van der Waals surface area (Å²) in [6.45, 7) is 2.24. The van der Waals surface area contributed by atoms with Crippen molar-refractivity contribution in [1.82, 2.24) is 15.5 Å². The van der Waals surface area contributed by atoms with Gasteiger partial charge in [-0.2, -0.15) is 0 Å². The normalized spacial score (nSPS) is 18.0. The van der Waals surface area contributed by atoms with Crippen molar-refractivity contribution in [2.45, 2.75) is 25.3 Å². The van der Waals surface area contributed by atoms with Crippen LogP contribution in [0.25, 0.3) is 0 Å². The number of ether oxygens (including phenoxy) is 2. The minimum atomic E-state index is -0.391. The predicted octanol–water partition coefficient (Wildman–Crippen LogP) is 1.17. The number of carbonyl (C=O) groups is 2. The van der Waals surface area contributed by atoms with Crippen molar-refractivity contribution in [1.29, 1.82) is 0 Å². The molecule has 0 aliphatic carbocycles. The van der Waals surface area contributed by atoms with Crippen molar-refractivity contribution in [2.24, 2.45) is 0 Å². The van der Waals surface area contributed by atoms with Crippen LogP contribution in [-0.2, 0) is 4.79 Å². The molecule has 0 bridgehead atoms. The van der Waals surface area contributed by atoms with Crippen LogP contribution in [-0.4, -0.2) is 56.2 Å². The molecular formula is C17H24ClN3O4. The van der Waals surface area contributed by atoms with E-state index >= 15 is 0 Å². The lowest BCUT2D eigenvalue weighted by molar-refractivity contribution is -0.124. The van der Waals surface area contributed by atoms with Crippen molar-refractivity contribution in [3.8, 4) is 11.5 Å². The van der Waals surface area contributed by atoms with Crippen LogP contribution >= 0.6 is 12.4 Å². The van der Waals surface area contributed by atoms with Crippen LogP contribution in [0.5, 0.6) is 11.5 Å². The van der Waals surface area contributed by atoms with E-state index in [0.29, 0.717) is 36.6 Å². The first-order valence-corrected chi connectivity index (χ1v) is 8.33. The maximum absolute atomic E-state index is 12.8. The minimum absolute atomic E-state index is 0. The van der Waals surface area contributed by atoms with Crippen LogP contribution in [0, 0.1) is 0 Å². The number of hydrogen-bond acceptors (Lipinski definition) is 5. The summed E-state index contributed by atoms with van der Waals surface area (Å²) in [5.74, 6) is 1.01. The lowest BCUT2D eigenvalue weighted by atomic mass is 10.1. The Morgan fingerprint density at radius 2 is 2.04 bits per heavy atom. The molecule has 0 aromatic heterocycles. The highest BCUT2D eigenvalue weighted by molar-refractivity contribution is 5.98. The number of fused-ring (bicyclic) bond motifs is 1. The van der Waals surface area contributed by atoms with Crippen LogP contribution in [0.4, 0.5) is 0 Å². The molecule has 3 rings (SSSR count). The highest BCUT2D eigenvalue weighted by Crippen LogP contribution is 2.33. The van der Waals surface area contributed by atoms with Gasteiger partial charge in [-0.1, -0.05) is 0 Å². The predicted molar refractivity (Wildman–Crippen MR) is 95.4 cm³/mol. The summed E-state index contributed by atoms with van der Waals surface area (Å²) in [7, 11) is 1.88. The third-order valence-electron chi connectivity index (χ3n) is 4.34. The summed E-state index contributed by atoms with van der Waals surface area (Å²) in [6, 6.07) is 4.75. The summed E-state index contributed by atoms with van der Waals surface area (Å²) in [4.78, 5) is 26.8. The van der Waals surface area contributed by atoms with Crippen molar-refractivity contribution in [3.63, 3.8) is 0 Å². The fourth-order valence-corrected chi connectivity index (χ4v) is 3.07. The maximum atomic E-state index is 12.8. The quantitative estimate of drug-likeness (QED) is 0.736. The zero-order valence-corrected chi connectivity index (χ0v) is 15.1. The number of nitrogens with one attached hydrogen (secondary N) is 2. The Bertz CT molecular complexity index is 626. The Morgan fingerprint density at radius 1 is 1.24 bits per heavy atom. The molecule has 8 heteroatoms. The molecule has 1 saturated heterocycles. The van der Waals surface area contributed by atoms with E-state index in [1.165, 1.54) is 0 Å². The van der Waals surface area contributed by atoms with Gasteiger partial charge in [0.25, 0.3) is 5.91 Å². The molecule has 7 nitrogen and oxygen atoms in total. The van der Waals surface area contributed by atoms with Crippen LogP contribution in [0.15, 0.2) is 18.2 Å². The van der Waals surface area contributed by atoms with Crippen LogP contribution < -0.4 is 20.1 Å². The minimum Gasteiger partial charge on any atom is -0.454 e. The average molecular weight is 370 g/mol. The molecule has 1 aromatic rings. The van der Waals surface area contributed by atoms with Crippen LogP contribution in [0.2, 0.25) is 0 Å². The van der Waals surface area contributed by atoms with Crippen LogP contribution in [0.1, 0.15) is 29.6 Å². The molecule has 1 fully saturated rings. The zero-order chi connectivity index (χ0) is 16.9. The van der Waals surface area contributed by atoms with Gasteiger partial charge in [0.2, 0.25) is 12.7 Å². The smallest absolute Gasteiger partial charge is 0.254 e. The van der Waals surface area contributed by atoms with Crippen molar-refractivity contribution in [2.75, 3.05) is 33.5 Å². The van der Waals surface area contributed by atoms with E-state index in [2.05, 4.69) is 10.6 Å². The monoisotopic (exact) mass is 369 g/mol. The van der Waals surface area contributed by atoms with Crippen LogP contribution in [0.3, 0.4) is 0 Å². The van der Waals surface area contributed by atoms with Gasteiger partial charge in [0.1, 0.15) is 6.04 Å². The lowest BCUT2D eigenvalue weighted by Crippen LogP contribution is -2.46. The molecule has 25 heavy (non-hydrogen) atoms. The summed E-state index contributed by atoms with van der Waals surface area (Å²) in [5.41, 5.74) is 0.522. The van der Waals surface area contributed by atoms with E-state index in [-0.39, 0.29) is 31.0 Å². The van der Waals surface area contributed by atoms with E-state index in [1.54, 1.807) is 23.1 Å². The van der Waals surface area contributed by atoms with Gasteiger partial charge in [-0.05, 0) is 51.1 Å². The number of benzene rings is 1. The first-order valence-electron chi connectivity index (χ1n) is 8.33. The second-order valence-electron chi connectivity index (χ2n) is 5.97. The number of nitrogens with zero attached hydrogens (tertiary/aromatic N) is 1. The molecule has 2 aliphatic heterocycles. The molecule has 1 atom stereocenters. The molecule has 1 unspecified atom stereocenters. The SMILES string of the molecule is CNCCCNC(=O)C1CCCN1C(=O)c1ccc2c(c1)OCO2.Cl. The highest BCUT2D eigenvalue weighted by Gasteiger charge is 2.34. The zero-order valence-electron chi connectivity index (χ0n) is 14.2.